The summed E-state index contributed by atoms with van der Waals surface area (Å²) >= 11 is 6.22. The van der Waals surface area contributed by atoms with E-state index < -0.39 is 15.9 Å². The number of aryl methyl sites for hydroxylation is 1. The number of hydrogen-bond donors (Lipinski definition) is 2. The highest BCUT2D eigenvalue weighted by atomic mass is 35.5. The lowest BCUT2D eigenvalue weighted by Crippen LogP contribution is -2.49. The zero-order valence-corrected chi connectivity index (χ0v) is 21.6. The second-order valence-electron chi connectivity index (χ2n) is 9.18. The summed E-state index contributed by atoms with van der Waals surface area (Å²) in [6.07, 6.45) is 5.28. The third-order valence-corrected chi connectivity index (χ3v) is 8.89. The third-order valence-electron chi connectivity index (χ3n) is 6.71. The number of anilines is 1. The molecule has 2 aromatic carbocycles. The Kier molecular flexibility index (Phi) is 8.14. The first kappa shape index (κ1) is 25.7. The maximum absolute atomic E-state index is 13.9. The molecule has 1 saturated heterocycles. The average molecular weight is 518 g/mol. The van der Waals surface area contributed by atoms with Crippen molar-refractivity contribution in [3.05, 3.63) is 58.1 Å². The number of carbonyl (C=O) groups is 2. The van der Waals surface area contributed by atoms with Gasteiger partial charge in [-0.15, -0.1) is 0 Å². The molecule has 2 aliphatic rings. The van der Waals surface area contributed by atoms with Gasteiger partial charge in [-0.05, 0) is 93.4 Å². The third kappa shape index (κ3) is 5.55. The lowest BCUT2D eigenvalue weighted by Gasteiger charge is -2.34. The predicted octanol–water partition coefficient (Wildman–Crippen LogP) is 4.54. The molecular formula is C26H32ClN3O4S. The van der Waals surface area contributed by atoms with Crippen LogP contribution < -0.4 is 10.6 Å². The predicted molar refractivity (Wildman–Crippen MR) is 137 cm³/mol. The van der Waals surface area contributed by atoms with Gasteiger partial charge in [-0.2, -0.15) is 0 Å². The Balaban J connectivity index is 1.76. The molecular weight excluding hydrogens is 486 g/mol. The molecule has 0 aromatic heterocycles. The van der Waals surface area contributed by atoms with E-state index in [1.54, 1.807) is 30.3 Å². The van der Waals surface area contributed by atoms with Crippen LogP contribution >= 0.6 is 11.6 Å². The molecule has 35 heavy (non-hydrogen) atoms. The molecule has 1 aliphatic carbocycles. The summed E-state index contributed by atoms with van der Waals surface area (Å²) in [6.45, 7) is 3.20. The molecule has 1 fully saturated rings. The van der Waals surface area contributed by atoms with Gasteiger partial charge in [-0.25, -0.2) is 12.7 Å². The first-order valence-corrected chi connectivity index (χ1v) is 14.1. The van der Waals surface area contributed by atoms with E-state index >= 15 is 0 Å². The van der Waals surface area contributed by atoms with E-state index in [0.717, 1.165) is 41.1 Å². The Morgan fingerprint density at radius 1 is 1.11 bits per heavy atom. The first-order chi connectivity index (χ1) is 16.8. The minimum absolute atomic E-state index is 0.0515. The molecule has 0 atom stereocenters. The van der Waals surface area contributed by atoms with Crippen molar-refractivity contribution in [2.24, 2.45) is 0 Å². The van der Waals surface area contributed by atoms with Crippen LogP contribution in [-0.4, -0.2) is 43.7 Å². The lowest BCUT2D eigenvalue weighted by molar-refractivity contribution is -0.128. The van der Waals surface area contributed by atoms with Crippen LogP contribution in [0.15, 0.2) is 41.3 Å². The quantitative estimate of drug-likeness (QED) is 0.562. The molecule has 1 aliphatic heterocycles. The summed E-state index contributed by atoms with van der Waals surface area (Å²) in [6, 6.07) is 9.59. The van der Waals surface area contributed by atoms with Crippen molar-refractivity contribution in [3.8, 4) is 0 Å². The second kappa shape index (κ2) is 11.1. The Hall–Kier alpha value is -2.42. The van der Waals surface area contributed by atoms with Gasteiger partial charge in [0.2, 0.25) is 5.91 Å². The van der Waals surface area contributed by atoms with E-state index in [1.807, 2.05) is 6.92 Å². The number of fused-ring (bicyclic) bond motifs is 1. The Bertz CT molecular complexity index is 1210. The number of halogens is 1. The van der Waals surface area contributed by atoms with Crippen LogP contribution in [0.5, 0.6) is 0 Å². The van der Waals surface area contributed by atoms with E-state index in [0.29, 0.717) is 48.6 Å². The van der Waals surface area contributed by atoms with E-state index in [-0.39, 0.29) is 23.3 Å². The summed E-state index contributed by atoms with van der Waals surface area (Å²) in [4.78, 5) is 26.2. The summed E-state index contributed by atoms with van der Waals surface area (Å²) in [5.74, 6) is -0.769. The van der Waals surface area contributed by atoms with E-state index in [2.05, 4.69) is 10.6 Å². The molecule has 1 heterocycles. The number of carbonyl (C=O) groups excluding carboxylic acids is 2. The lowest BCUT2D eigenvalue weighted by atomic mass is 9.90. The monoisotopic (exact) mass is 517 g/mol. The number of amides is 2. The van der Waals surface area contributed by atoms with E-state index in [9.17, 15) is 18.0 Å². The van der Waals surface area contributed by atoms with Crippen LogP contribution in [0.4, 0.5) is 5.69 Å². The van der Waals surface area contributed by atoms with E-state index in [4.69, 9.17) is 11.6 Å². The minimum atomic E-state index is -4.11. The number of sulfonamides is 1. The zero-order valence-electron chi connectivity index (χ0n) is 20.0. The highest BCUT2D eigenvalue weighted by Gasteiger charge is 2.36. The van der Waals surface area contributed by atoms with Crippen molar-refractivity contribution in [2.45, 2.75) is 69.2 Å². The van der Waals surface area contributed by atoms with Crippen LogP contribution in [-0.2, 0) is 27.7 Å². The highest BCUT2D eigenvalue weighted by Crippen LogP contribution is 2.34. The summed E-state index contributed by atoms with van der Waals surface area (Å²) in [5.41, 5.74) is 2.64. The Morgan fingerprint density at radius 2 is 1.83 bits per heavy atom. The standard InChI is InChI=1S/C26H32ClN3O4S/c1-2-7-25(31)30(19-12-14-28-15-13-19)35(33,34)20-16-18-8-3-4-9-21(18)24(17-20)29-26(32)22-10-5-6-11-23(22)27/h5-6,10-11,16-17,19,28H,2-4,7-9,12-15H2,1H3,(H,29,32). The molecule has 188 valence electrons. The van der Waals surface area contributed by atoms with Crippen molar-refractivity contribution in [2.75, 3.05) is 18.4 Å². The smallest absolute Gasteiger partial charge is 0.266 e. The number of benzene rings is 2. The van der Waals surface area contributed by atoms with Gasteiger partial charge in [0, 0.05) is 12.1 Å². The van der Waals surface area contributed by atoms with Crippen molar-refractivity contribution in [1.29, 1.82) is 0 Å². The second-order valence-corrected chi connectivity index (χ2v) is 11.4. The highest BCUT2D eigenvalue weighted by molar-refractivity contribution is 7.89. The van der Waals surface area contributed by atoms with Crippen molar-refractivity contribution in [1.82, 2.24) is 9.62 Å². The Labute approximate surface area is 212 Å². The van der Waals surface area contributed by atoms with Gasteiger partial charge in [-0.1, -0.05) is 30.7 Å². The van der Waals surface area contributed by atoms with Crippen LogP contribution in [0.1, 0.15) is 66.9 Å². The average Bonchev–Trinajstić information content (AvgIpc) is 2.85. The molecule has 0 unspecified atom stereocenters. The van der Waals surface area contributed by atoms with Crippen LogP contribution in [0.25, 0.3) is 0 Å². The van der Waals surface area contributed by atoms with Gasteiger partial charge < -0.3 is 10.6 Å². The first-order valence-electron chi connectivity index (χ1n) is 12.3. The van der Waals surface area contributed by atoms with Gasteiger partial charge in [0.25, 0.3) is 15.9 Å². The van der Waals surface area contributed by atoms with Crippen LogP contribution in [0.2, 0.25) is 5.02 Å². The SMILES string of the molecule is CCCC(=O)N(C1CCNCC1)S(=O)(=O)c1cc2c(c(NC(=O)c3ccccc3Cl)c1)CCCC2. The van der Waals surface area contributed by atoms with Crippen LogP contribution in [0, 0.1) is 0 Å². The normalized spacial score (nSPS) is 16.4. The maximum Gasteiger partial charge on any atom is 0.266 e. The Morgan fingerprint density at radius 3 is 2.54 bits per heavy atom. The fraction of sp³-hybridized carbons (Fsp3) is 0.462. The largest absolute Gasteiger partial charge is 0.322 e. The van der Waals surface area contributed by atoms with Gasteiger partial charge in [0.15, 0.2) is 0 Å². The topological polar surface area (TPSA) is 95.6 Å². The summed E-state index contributed by atoms with van der Waals surface area (Å²) < 4.78 is 29.0. The maximum atomic E-state index is 13.9. The number of piperidine rings is 1. The molecule has 0 spiro atoms. The molecule has 9 heteroatoms. The fourth-order valence-electron chi connectivity index (χ4n) is 4.95. The molecule has 2 amide bonds. The fourth-order valence-corrected chi connectivity index (χ4v) is 6.92. The van der Waals surface area contributed by atoms with Gasteiger partial charge in [0.05, 0.1) is 21.5 Å². The minimum Gasteiger partial charge on any atom is -0.322 e. The van der Waals surface area contributed by atoms with Gasteiger partial charge in [0.1, 0.15) is 0 Å². The van der Waals surface area contributed by atoms with Crippen molar-refractivity contribution < 1.29 is 18.0 Å². The molecule has 0 bridgehead atoms. The van der Waals surface area contributed by atoms with Crippen molar-refractivity contribution >= 4 is 39.1 Å². The molecule has 0 radical (unpaired) electrons. The number of nitrogens with zero attached hydrogens (tertiary/aromatic N) is 1. The summed E-state index contributed by atoms with van der Waals surface area (Å²) in [5, 5.41) is 6.47. The molecule has 2 N–H and O–H groups in total. The van der Waals surface area contributed by atoms with Crippen LogP contribution in [0.3, 0.4) is 0 Å². The van der Waals surface area contributed by atoms with Crippen molar-refractivity contribution in [3.63, 3.8) is 0 Å². The zero-order chi connectivity index (χ0) is 25.0. The molecule has 7 nitrogen and oxygen atoms in total. The summed E-state index contributed by atoms with van der Waals surface area (Å²) in [7, 11) is -4.11. The number of hydrogen-bond acceptors (Lipinski definition) is 5. The number of rotatable bonds is 7. The number of nitrogens with one attached hydrogen (secondary N) is 2. The molecule has 4 rings (SSSR count). The van der Waals surface area contributed by atoms with E-state index in [1.165, 1.54) is 6.07 Å². The van der Waals surface area contributed by atoms with Gasteiger partial charge >= 0.3 is 0 Å². The van der Waals surface area contributed by atoms with Gasteiger partial charge in [-0.3, -0.25) is 9.59 Å². The molecule has 0 saturated carbocycles. The molecule has 2 aromatic rings.